The Hall–Kier alpha value is -1.87. The van der Waals surface area contributed by atoms with Crippen LogP contribution in [0.1, 0.15) is 29.8 Å². The predicted molar refractivity (Wildman–Crippen MR) is 84.4 cm³/mol. The van der Waals surface area contributed by atoms with Gasteiger partial charge in [-0.3, -0.25) is 4.79 Å². The molecule has 2 rings (SSSR count). The third-order valence-electron chi connectivity index (χ3n) is 3.47. The van der Waals surface area contributed by atoms with E-state index in [1.54, 1.807) is 0 Å². The summed E-state index contributed by atoms with van der Waals surface area (Å²) < 4.78 is 2.04. The summed E-state index contributed by atoms with van der Waals surface area (Å²) in [6.45, 7) is 6.21. The van der Waals surface area contributed by atoms with Crippen LogP contribution in [0.5, 0.6) is 0 Å². The summed E-state index contributed by atoms with van der Waals surface area (Å²) in [5.74, 6) is 0.0821. The number of benzene rings is 1. The smallest absolute Gasteiger partial charge is 0.254 e. The highest BCUT2D eigenvalue weighted by Gasteiger charge is 2.13. The molecule has 0 N–H and O–H groups in total. The fourth-order valence-electron chi connectivity index (χ4n) is 2.20. The van der Waals surface area contributed by atoms with Gasteiger partial charge in [0.15, 0.2) is 18.9 Å². The molecule has 1 aromatic carbocycles. The molecular formula is C17H20ClN2O+. The van der Waals surface area contributed by atoms with E-state index in [1.165, 1.54) is 5.56 Å². The van der Waals surface area contributed by atoms with Gasteiger partial charge in [0.1, 0.15) is 0 Å². The van der Waals surface area contributed by atoms with Crippen LogP contribution in [0.15, 0.2) is 48.8 Å². The van der Waals surface area contributed by atoms with E-state index in [1.807, 2.05) is 72.1 Å². The largest absolute Gasteiger partial charge is 0.339 e. The summed E-state index contributed by atoms with van der Waals surface area (Å²) in [6.07, 6.45) is 3.87. The Balaban J connectivity index is 2.08. The average molecular weight is 304 g/mol. The van der Waals surface area contributed by atoms with Crippen molar-refractivity contribution in [2.45, 2.75) is 20.4 Å². The predicted octanol–water partition coefficient (Wildman–Crippen LogP) is 3.16. The third kappa shape index (κ3) is 4.05. The second-order valence-corrected chi connectivity index (χ2v) is 5.30. The highest BCUT2D eigenvalue weighted by atomic mass is 35.5. The Morgan fingerprint density at radius 3 is 2.14 bits per heavy atom. The first kappa shape index (κ1) is 15.5. The van der Waals surface area contributed by atoms with Gasteiger partial charge in [0.2, 0.25) is 0 Å². The first-order valence-electron chi connectivity index (χ1n) is 7.16. The van der Waals surface area contributed by atoms with Crippen molar-refractivity contribution in [2.24, 2.45) is 0 Å². The number of hydrogen-bond donors (Lipinski definition) is 0. The molecule has 21 heavy (non-hydrogen) atoms. The molecular weight excluding hydrogens is 284 g/mol. The standard InChI is InChI=1S/C17H20ClN2O/c1-3-20(4-2)17(21)15-9-11-19(12-10-15)13-14-5-7-16(18)8-6-14/h5-12H,3-4,13H2,1-2H3/q+1. The topological polar surface area (TPSA) is 24.2 Å². The van der Waals surface area contributed by atoms with Gasteiger partial charge in [-0.05, 0) is 26.0 Å². The minimum absolute atomic E-state index is 0.0821. The molecule has 0 radical (unpaired) electrons. The number of nitrogens with zero attached hydrogens (tertiary/aromatic N) is 2. The Morgan fingerprint density at radius 1 is 1.05 bits per heavy atom. The second kappa shape index (κ2) is 7.23. The van der Waals surface area contributed by atoms with Gasteiger partial charge < -0.3 is 4.90 Å². The summed E-state index contributed by atoms with van der Waals surface area (Å²) in [6, 6.07) is 11.5. The summed E-state index contributed by atoms with van der Waals surface area (Å²) in [7, 11) is 0. The van der Waals surface area contributed by atoms with Crippen LogP contribution >= 0.6 is 11.6 Å². The molecule has 0 saturated heterocycles. The molecule has 0 unspecified atom stereocenters. The molecule has 4 heteroatoms. The van der Waals surface area contributed by atoms with Crippen LogP contribution < -0.4 is 4.57 Å². The SMILES string of the molecule is CCN(CC)C(=O)c1cc[n+](Cc2ccc(Cl)cc2)cc1. The van der Waals surface area contributed by atoms with Crippen molar-refractivity contribution in [1.29, 1.82) is 0 Å². The lowest BCUT2D eigenvalue weighted by molar-refractivity contribution is -0.688. The quantitative estimate of drug-likeness (QED) is 0.779. The maximum absolute atomic E-state index is 12.2. The highest BCUT2D eigenvalue weighted by molar-refractivity contribution is 6.30. The van der Waals surface area contributed by atoms with Crippen LogP contribution in [0.2, 0.25) is 5.02 Å². The third-order valence-corrected chi connectivity index (χ3v) is 3.72. The normalized spacial score (nSPS) is 10.4. The number of carbonyl (C=O) groups excluding carboxylic acids is 1. The van der Waals surface area contributed by atoms with Crippen molar-refractivity contribution in [2.75, 3.05) is 13.1 Å². The molecule has 0 bridgehead atoms. The molecule has 0 atom stereocenters. The van der Waals surface area contributed by atoms with Gasteiger partial charge in [-0.15, -0.1) is 0 Å². The van der Waals surface area contributed by atoms with E-state index in [4.69, 9.17) is 11.6 Å². The molecule has 0 fully saturated rings. The van der Waals surface area contributed by atoms with E-state index < -0.39 is 0 Å². The molecule has 0 aliphatic carbocycles. The van der Waals surface area contributed by atoms with E-state index in [9.17, 15) is 4.79 Å². The first-order valence-corrected chi connectivity index (χ1v) is 7.54. The molecule has 0 spiro atoms. The molecule has 2 aromatic rings. The van der Waals surface area contributed by atoms with Gasteiger partial charge in [0, 0.05) is 35.8 Å². The van der Waals surface area contributed by atoms with Crippen molar-refractivity contribution in [1.82, 2.24) is 4.90 Å². The summed E-state index contributed by atoms with van der Waals surface area (Å²) >= 11 is 5.88. The maximum atomic E-state index is 12.2. The molecule has 0 aliphatic heterocycles. The van der Waals surface area contributed by atoms with Gasteiger partial charge in [-0.25, -0.2) is 4.57 Å². The zero-order valence-corrected chi connectivity index (χ0v) is 13.2. The monoisotopic (exact) mass is 303 g/mol. The summed E-state index contributed by atoms with van der Waals surface area (Å²) in [4.78, 5) is 14.0. The number of carbonyl (C=O) groups is 1. The van der Waals surface area contributed by atoms with Crippen LogP contribution in [0, 0.1) is 0 Å². The van der Waals surface area contributed by atoms with E-state index in [0.717, 1.165) is 30.2 Å². The molecule has 3 nitrogen and oxygen atoms in total. The van der Waals surface area contributed by atoms with Gasteiger partial charge in [0.05, 0.1) is 5.56 Å². The molecule has 0 saturated carbocycles. The van der Waals surface area contributed by atoms with Crippen molar-refractivity contribution >= 4 is 17.5 Å². The lowest BCUT2D eigenvalue weighted by atomic mass is 10.2. The Morgan fingerprint density at radius 2 is 1.62 bits per heavy atom. The number of hydrogen-bond acceptors (Lipinski definition) is 1. The lowest BCUT2D eigenvalue weighted by Gasteiger charge is -2.18. The van der Waals surface area contributed by atoms with Crippen LogP contribution in [0.4, 0.5) is 0 Å². The van der Waals surface area contributed by atoms with Gasteiger partial charge in [-0.1, -0.05) is 23.7 Å². The van der Waals surface area contributed by atoms with Gasteiger partial charge in [-0.2, -0.15) is 0 Å². The zero-order valence-electron chi connectivity index (χ0n) is 12.4. The van der Waals surface area contributed by atoms with Gasteiger partial charge >= 0.3 is 0 Å². The molecule has 1 aromatic heterocycles. The van der Waals surface area contributed by atoms with Crippen LogP contribution in [-0.4, -0.2) is 23.9 Å². The number of halogens is 1. The molecule has 1 amide bonds. The number of rotatable bonds is 5. The molecule has 1 heterocycles. The molecule has 110 valence electrons. The molecule has 0 aliphatic rings. The van der Waals surface area contributed by atoms with E-state index in [-0.39, 0.29) is 5.91 Å². The summed E-state index contributed by atoms with van der Waals surface area (Å²) in [5.41, 5.74) is 1.90. The fourth-order valence-corrected chi connectivity index (χ4v) is 2.33. The number of pyridine rings is 1. The number of aromatic nitrogens is 1. The van der Waals surface area contributed by atoms with E-state index in [2.05, 4.69) is 0 Å². The zero-order chi connectivity index (χ0) is 15.2. The van der Waals surface area contributed by atoms with Gasteiger partial charge in [0.25, 0.3) is 5.91 Å². The Bertz CT molecular complexity index is 589. The minimum atomic E-state index is 0.0821. The van der Waals surface area contributed by atoms with E-state index in [0.29, 0.717) is 0 Å². The Labute approximate surface area is 130 Å². The summed E-state index contributed by atoms with van der Waals surface area (Å²) in [5, 5.41) is 0.740. The van der Waals surface area contributed by atoms with Crippen LogP contribution in [0.25, 0.3) is 0 Å². The lowest BCUT2D eigenvalue weighted by Crippen LogP contribution is -2.35. The highest BCUT2D eigenvalue weighted by Crippen LogP contribution is 2.09. The van der Waals surface area contributed by atoms with E-state index >= 15 is 0 Å². The minimum Gasteiger partial charge on any atom is -0.339 e. The van der Waals surface area contributed by atoms with Crippen molar-refractivity contribution in [3.05, 3.63) is 64.9 Å². The maximum Gasteiger partial charge on any atom is 0.254 e. The second-order valence-electron chi connectivity index (χ2n) is 4.86. The van der Waals surface area contributed by atoms with Crippen LogP contribution in [0.3, 0.4) is 0 Å². The van der Waals surface area contributed by atoms with Crippen molar-refractivity contribution in [3.63, 3.8) is 0 Å². The number of amides is 1. The van der Waals surface area contributed by atoms with Crippen molar-refractivity contribution in [3.8, 4) is 0 Å². The fraction of sp³-hybridized carbons (Fsp3) is 0.294. The first-order chi connectivity index (χ1) is 10.1. The van der Waals surface area contributed by atoms with Crippen LogP contribution in [-0.2, 0) is 6.54 Å². The Kier molecular flexibility index (Phi) is 5.34. The average Bonchev–Trinajstić information content (AvgIpc) is 2.51. The van der Waals surface area contributed by atoms with Crippen molar-refractivity contribution < 1.29 is 9.36 Å².